The molecule has 3 nitrogen and oxygen atoms in total. The molecule has 0 radical (unpaired) electrons. The fourth-order valence-corrected chi connectivity index (χ4v) is 2.67. The maximum atomic E-state index is 12.3. The molecule has 0 fully saturated rings. The molecule has 0 aliphatic carbocycles. The van der Waals surface area contributed by atoms with Gasteiger partial charge in [-0.15, -0.1) is 5.54 Å². The van der Waals surface area contributed by atoms with E-state index in [1.807, 2.05) is 31.2 Å². The fourth-order valence-electron chi connectivity index (χ4n) is 2.17. The number of pyridine rings is 1. The van der Waals surface area contributed by atoms with Gasteiger partial charge in [0.15, 0.2) is 0 Å². The molecule has 0 bridgehead atoms. The van der Waals surface area contributed by atoms with Crippen LogP contribution in [0.2, 0.25) is 19.6 Å². The monoisotopic (exact) mass is 311 g/mol. The molecule has 114 valence electrons. The second-order valence-corrected chi connectivity index (χ2v) is 10.9. The van der Waals surface area contributed by atoms with Crippen molar-refractivity contribution in [3.8, 4) is 11.5 Å². The quantitative estimate of drug-likeness (QED) is 0.479. The third-order valence-electron chi connectivity index (χ3n) is 3.12. The molecule has 2 aromatic rings. The number of nitrogens with zero attached hydrogens (tertiary/aromatic N) is 1. The molecule has 0 amide bonds. The van der Waals surface area contributed by atoms with Crippen LogP contribution in [0, 0.1) is 18.4 Å². The molecular weight excluding hydrogens is 290 g/mol. The summed E-state index contributed by atoms with van der Waals surface area (Å²) in [5.41, 5.74) is 6.10. The fraction of sp³-hybridized carbons (Fsp3) is 0.333. The second kappa shape index (κ2) is 6.33. The summed E-state index contributed by atoms with van der Waals surface area (Å²) in [5, 5.41) is 0.905. The number of hydrogen-bond donors (Lipinski definition) is 0. The first-order chi connectivity index (χ1) is 10.3. The van der Waals surface area contributed by atoms with Crippen LogP contribution in [0.15, 0.2) is 24.3 Å². The van der Waals surface area contributed by atoms with Gasteiger partial charge in [0.25, 0.3) is 0 Å². The molecule has 0 saturated heterocycles. The summed E-state index contributed by atoms with van der Waals surface area (Å²) in [6.45, 7) is 10.5. The third-order valence-corrected chi connectivity index (χ3v) is 3.99. The highest BCUT2D eigenvalue weighted by molar-refractivity contribution is 6.83. The number of rotatable bonds is 2. The predicted molar refractivity (Wildman–Crippen MR) is 92.7 cm³/mol. The molecule has 0 unspecified atom stereocenters. The van der Waals surface area contributed by atoms with Crippen LogP contribution in [0.3, 0.4) is 0 Å². The lowest BCUT2D eigenvalue weighted by Gasteiger charge is -2.11. The summed E-state index contributed by atoms with van der Waals surface area (Å²) in [6.07, 6.45) is 0. The molecule has 2 rings (SSSR count). The van der Waals surface area contributed by atoms with Gasteiger partial charge in [0, 0.05) is 10.9 Å². The molecular formula is C18H21NO2Si. The number of hydrogen-bond acceptors (Lipinski definition) is 3. The zero-order chi connectivity index (χ0) is 16.3. The smallest absolute Gasteiger partial charge is 0.341 e. The molecule has 0 saturated carbocycles. The Hall–Kier alpha value is -2.12. The molecule has 0 aliphatic rings. The minimum absolute atomic E-state index is 0.339. The Balaban J connectivity index is 2.78. The van der Waals surface area contributed by atoms with Gasteiger partial charge in [0.1, 0.15) is 8.07 Å². The normalized spacial score (nSPS) is 11.0. The lowest BCUT2D eigenvalue weighted by atomic mass is 10.0. The number of carbonyl (C=O) groups is 1. The van der Waals surface area contributed by atoms with Crippen molar-refractivity contribution in [3.05, 3.63) is 41.1 Å². The zero-order valence-electron chi connectivity index (χ0n) is 13.8. The molecule has 1 aromatic heterocycles. The molecule has 4 heteroatoms. The van der Waals surface area contributed by atoms with E-state index in [9.17, 15) is 4.79 Å². The number of carbonyl (C=O) groups excluding carboxylic acids is 1. The molecule has 0 aliphatic heterocycles. The minimum atomic E-state index is -1.55. The number of aryl methyl sites for hydroxylation is 1. The topological polar surface area (TPSA) is 39.2 Å². The molecule has 1 heterocycles. The van der Waals surface area contributed by atoms with Crippen molar-refractivity contribution in [1.29, 1.82) is 0 Å². The summed E-state index contributed by atoms with van der Waals surface area (Å²) in [7, 11) is -1.55. The van der Waals surface area contributed by atoms with Gasteiger partial charge in [-0.05, 0) is 19.9 Å². The maximum Gasteiger partial charge on any atom is 0.341 e. The van der Waals surface area contributed by atoms with Gasteiger partial charge in [-0.3, -0.25) is 4.98 Å². The molecule has 1 aromatic carbocycles. The van der Waals surface area contributed by atoms with Crippen LogP contribution >= 0.6 is 0 Å². The van der Waals surface area contributed by atoms with E-state index in [1.54, 1.807) is 6.92 Å². The van der Waals surface area contributed by atoms with Crippen molar-refractivity contribution in [2.24, 2.45) is 0 Å². The van der Waals surface area contributed by atoms with Gasteiger partial charge in [0.05, 0.1) is 23.4 Å². The van der Waals surface area contributed by atoms with Gasteiger partial charge in [-0.2, -0.15) is 0 Å². The first kappa shape index (κ1) is 16.3. The van der Waals surface area contributed by atoms with Crippen molar-refractivity contribution in [3.63, 3.8) is 0 Å². The highest BCUT2D eigenvalue weighted by Crippen LogP contribution is 2.23. The summed E-state index contributed by atoms with van der Waals surface area (Å²) in [4.78, 5) is 16.9. The Labute approximate surface area is 132 Å². The molecule has 0 atom stereocenters. The van der Waals surface area contributed by atoms with Gasteiger partial charge in [0.2, 0.25) is 0 Å². The number of para-hydroxylation sites is 1. The van der Waals surface area contributed by atoms with Crippen LogP contribution in [-0.4, -0.2) is 25.6 Å². The lowest BCUT2D eigenvalue weighted by molar-refractivity contribution is 0.0525. The highest BCUT2D eigenvalue weighted by atomic mass is 28.3. The minimum Gasteiger partial charge on any atom is -0.462 e. The van der Waals surface area contributed by atoms with Crippen LogP contribution in [0.4, 0.5) is 0 Å². The number of esters is 1. The first-order valence-electron chi connectivity index (χ1n) is 7.43. The Morgan fingerprint density at radius 3 is 2.59 bits per heavy atom. The standard InChI is InChI=1S/C18H21NO2Si/c1-6-21-18(20)17-13(2)19-16-10-8-7-9-14(16)15(17)11-12-22(3,4)5/h7-10H,6H2,1-5H3. The number of benzene rings is 1. The summed E-state index contributed by atoms with van der Waals surface area (Å²) >= 11 is 0. The third kappa shape index (κ3) is 3.55. The summed E-state index contributed by atoms with van der Waals surface area (Å²) in [5.74, 6) is 2.90. The van der Waals surface area contributed by atoms with E-state index >= 15 is 0 Å². The van der Waals surface area contributed by atoms with E-state index < -0.39 is 8.07 Å². The zero-order valence-corrected chi connectivity index (χ0v) is 14.8. The SMILES string of the molecule is CCOC(=O)c1c(C)nc2ccccc2c1C#C[Si](C)(C)C. The number of ether oxygens (including phenoxy) is 1. The van der Waals surface area contributed by atoms with E-state index in [0.29, 0.717) is 17.9 Å². The largest absolute Gasteiger partial charge is 0.462 e. The Morgan fingerprint density at radius 2 is 1.95 bits per heavy atom. The highest BCUT2D eigenvalue weighted by Gasteiger charge is 2.19. The van der Waals surface area contributed by atoms with E-state index in [1.165, 1.54) is 0 Å². The van der Waals surface area contributed by atoms with Gasteiger partial charge in [-0.1, -0.05) is 43.8 Å². The lowest BCUT2D eigenvalue weighted by Crippen LogP contribution is -2.17. The van der Waals surface area contributed by atoms with Gasteiger partial charge >= 0.3 is 5.97 Å². The first-order valence-corrected chi connectivity index (χ1v) is 10.9. The Bertz CT molecular complexity index is 779. The van der Waals surface area contributed by atoms with Crippen LogP contribution in [0.25, 0.3) is 10.9 Å². The summed E-state index contributed by atoms with van der Waals surface area (Å²) < 4.78 is 5.19. The average molecular weight is 311 g/mol. The number of fused-ring (bicyclic) bond motifs is 1. The van der Waals surface area contributed by atoms with Crippen LogP contribution in [0.5, 0.6) is 0 Å². The molecule has 0 spiro atoms. The summed E-state index contributed by atoms with van der Waals surface area (Å²) in [6, 6.07) is 7.78. The van der Waals surface area contributed by atoms with Crippen molar-refractivity contribution in [2.45, 2.75) is 33.5 Å². The van der Waals surface area contributed by atoms with Crippen molar-refractivity contribution >= 4 is 24.9 Å². The maximum absolute atomic E-state index is 12.3. The van der Waals surface area contributed by atoms with E-state index in [4.69, 9.17) is 4.74 Å². The molecule has 0 N–H and O–H groups in total. The predicted octanol–water partition coefficient (Wildman–Crippen LogP) is 3.95. The van der Waals surface area contributed by atoms with Crippen molar-refractivity contribution in [2.75, 3.05) is 6.61 Å². The van der Waals surface area contributed by atoms with Crippen molar-refractivity contribution < 1.29 is 9.53 Å². The average Bonchev–Trinajstić information content (AvgIpc) is 2.43. The van der Waals surface area contributed by atoms with Crippen molar-refractivity contribution in [1.82, 2.24) is 4.98 Å². The van der Waals surface area contributed by atoms with E-state index in [0.717, 1.165) is 16.5 Å². The van der Waals surface area contributed by atoms with E-state index in [2.05, 4.69) is 36.1 Å². The molecule has 22 heavy (non-hydrogen) atoms. The van der Waals surface area contributed by atoms with Gasteiger partial charge in [-0.25, -0.2) is 4.79 Å². The number of aromatic nitrogens is 1. The van der Waals surface area contributed by atoms with Crippen LogP contribution in [0.1, 0.15) is 28.5 Å². The van der Waals surface area contributed by atoms with Gasteiger partial charge < -0.3 is 4.74 Å². The Morgan fingerprint density at radius 1 is 1.27 bits per heavy atom. The van der Waals surface area contributed by atoms with Crippen LogP contribution in [-0.2, 0) is 4.74 Å². The second-order valence-electron chi connectivity index (χ2n) is 6.18. The Kier molecular flexibility index (Phi) is 4.67. The van der Waals surface area contributed by atoms with Crippen LogP contribution < -0.4 is 0 Å². The van der Waals surface area contributed by atoms with E-state index in [-0.39, 0.29) is 5.97 Å².